The molecule has 1 aromatic rings. The second-order valence-electron chi connectivity index (χ2n) is 6.04. The minimum atomic E-state index is -5.06. The number of nitro groups is 1. The largest absolute Gasteiger partial charge is 0.460 e. The maximum absolute atomic E-state index is 11.7. The molecule has 1 amide bonds. The van der Waals surface area contributed by atoms with Crippen LogP contribution in [0.15, 0.2) is 17.0 Å². The maximum Gasteiger partial charge on any atom is 0.298 e. The summed E-state index contributed by atoms with van der Waals surface area (Å²) in [7, 11) is -5.06. The monoisotopic (exact) mass is 456 g/mol. The van der Waals surface area contributed by atoms with E-state index in [0.717, 1.165) is 13.0 Å². The summed E-state index contributed by atoms with van der Waals surface area (Å²) in [6, 6.07) is -0.219. The standard InChI is InChI=1S/C14H17ClN2O11S/c1-5(19)16-10-12(21)11(20)8(4-18)27-14(10)28-13-7(15)2-6(17(22)23)3-9(13)29(24,25)26/h2-3,8,10-12,14,18,20-21H,4H2,1H3,(H,16,19)(H,24,25,26)/t8-,10-,11-,12-,14+/m1/s1. The van der Waals surface area contributed by atoms with E-state index in [1.807, 2.05) is 0 Å². The van der Waals surface area contributed by atoms with E-state index in [9.17, 15) is 43.2 Å². The van der Waals surface area contributed by atoms with E-state index in [2.05, 4.69) is 5.32 Å². The van der Waals surface area contributed by atoms with Crippen LogP contribution in [0.5, 0.6) is 5.75 Å². The van der Waals surface area contributed by atoms with Gasteiger partial charge in [-0.1, -0.05) is 11.6 Å². The van der Waals surface area contributed by atoms with E-state index < -0.39 is 79.6 Å². The molecule has 0 bridgehead atoms. The SMILES string of the molecule is CC(=O)N[C@H]1[C@H](Oc2c(Cl)cc([N+](=O)[O-])cc2S(=O)(=O)O)O[C@H](CO)[C@@H](O)[C@@H]1O. The molecule has 13 nitrogen and oxygen atoms in total. The van der Waals surface area contributed by atoms with E-state index in [1.54, 1.807) is 0 Å². The van der Waals surface area contributed by atoms with E-state index in [1.165, 1.54) is 0 Å². The Morgan fingerprint density at radius 3 is 2.48 bits per heavy atom. The second kappa shape index (κ2) is 8.74. The number of nitro benzene ring substituents is 1. The zero-order valence-electron chi connectivity index (χ0n) is 14.6. The highest BCUT2D eigenvalue weighted by molar-refractivity contribution is 7.86. The number of carbonyl (C=O) groups excluding carboxylic acids is 1. The molecule has 5 N–H and O–H groups in total. The lowest BCUT2D eigenvalue weighted by molar-refractivity contribution is -0.385. The molecule has 1 saturated heterocycles. The molecule has 0 unspecified atom stereocenters. The zero-order chi connectivity index (χ0) is 22.1. The van der Waals surface area contributed by atoms with Crippen LogP contribution in [0, 0.1) is 10.1 Å². The fraction of sp³-hybridized carbons (Fsp3) is 0.500. The molecular formula is C14H17ClN2O11S. The van der Waals surface area contributed by atoms with Crippen LogP contribution in [0.25, 0.3) is 0 Å². The minimum absolute atomic E-state index is 0.488. The van der Waals surface area contributed by atoms with Crippen LogP contribution in [-0.4, -0.2) is 76.4 Å². The molecule has 15 heteroatoms. The van der Waals surface area contributed by atoms with E-state index in [4.69, 9.17) is 21.1 Å². The summed E-state index contributed by atoms with van der Waals surface area (Å²) < 4.78 is 43.4. The molecule has 1 aliphatic heterocycles. The molecule has 1 fully saturated rings. The lowest BCUT2D eigenvalue weighted by Crippen LogP contribution is -2.65. The molecule has 29 heavy (non-hydrogen) atoms. The van der Waals surface area contributed by atoms with Gasteiger partial charge in [0.1, 0.15) is 29.2 Å². The van der Waals surface area contributed by atoms with Gasteiger partial charge in [-0.05, 0) is 0 Å². The summed E-state index contributed by atoms with van der Waals surface area (Å²) in [5, 5.41) is 42.1. The number of rotatable bonds is 6. The van der Waals surface area contributed by atoms with Crippen LogP contribution in [0.4, 0.5) is 5.69 Å². The summed E-state index contributed by atoms with van der Waals surface area (Å²) in [5.41, 5.74) is -0.762. The number of hydrogen-bond donors (Lipinski definition) is 5. The van der Waals surface area contributed by atoms with Gasteiger partial charge < -0.3 is 30.1 Å². The third-order valence-electron chi connectivity index (χ3n) is 3.97. The van der Waals surface area contributed by atoms with Gasteiger partial charge in [0.25, 0.3) is 15.8 Å². The van der Waals surface area contributed by atoms with Crippen LogP contribution in [0.1, 0.15) is 6.92 Å². The van der Waals surface area contributed by atoms with Crippen molar-refractivity contribution in [2.45, 2.75) is 42.5 Å². The first-order valence-corrected chi connectivity index (χ1v) is 9.70. The van der Waals surface area contributed by atoms with Gasteiger partial charge in [-0.15, -0.1) is 0 Å². The Balaban J connectivity index is 2.53. The Morgan fingerprint density at radius 2 is 2.00 bits per heavy atom. The number of aliphatic hydroxyl groups is 3. The zero-order valence-corrected chi connectivity index (χ0v) is 16.2. The number of ether oxygens (including phenoxy) is 2. The van der Waals surface area contributed by atoms with Crippen LogP contribution >= 0.6 is 11.6 Å². The predicted octanol–water partition coefficient (Wildman–Crippen LogP) is -1.18. The molecule has 162 valence electrons. The molecule has 1 heterocycles. The Kier molecular flexibility index (Phi) is 7.00. The Hall–Kier alpha value is -2.07. The predicted molar refractivity (Wildman–Crippen MR) is 93.9 cm³/mol. The van der Waals surface area contributed by atoms with Crippen molar-refractivity contribution < 1.29 is 47.5 Å². The van der Waals surface area contributed by atoms with Crippen LogP contribution in [0.2, 0.25) is 5.02 Å². The molecule has 0 aromatic heterocycles. The van der Waals surface area contributed by atoms with Crippen LogP contribution < -0.4 is 10.1 Å². The summed E-state index contributed by atoms with van der Waals surface area (Å²) in [5.74, 6) is -1.44. The smallest absolute Gasteiger partial charge is 0.298 e. The van der Waals surface area contributed by atoms with Crippen molar-refractivity contribution in [2.75, 3.05) is 6.61 Å². The van der Waals surface area contributed by atoms with Crippen molar-refractivity contribution in [2.24, 2.45) is 0 Å². The quantitative estimate of drug-likeness (QED) is 0.195. The number of nitrogens with zero attached hydrogens (tertiary/aromatic N) is 1. The van der Waals surface area contributed by atoms with Crippen LogP contribution in [-0.2, 0) is 19.6 Å². The number of nitrogens with one attached hydrogen (secondary N) is 1. The van der Waals surface area contributed by atoms with Crippen molar-refractivity contribution in [3.63, 3.8) is 0 Å². The fourth-order valence-electron chi connectivity index (χ4n) is 2.65. The van der Waals surface area contributed by atoms with Gasteiger partial charge in [0, 0.05) is 19.1 Å². The molecule has 1 aliphatic rings. The molecule has 0 spiro atoms. The summed E-state index contributed by atoms with van der Waals surface area (Å²) in [6.45, 7) is 0.306. The average molecular weight is 457 g/mol. The lowest BCUT2D eigenvalue weighted by Gasteiger charge is -2.42. The summed E-state index contributed by atoms with van der Waals surface area (Å²) >= 11 is 5.88. The highest BCUT2D eigenvalue weighted by atomic mass is 35.5. The number of halogens is 1. The molecule has 5 atom stereocenters. The summed E-state index contributed by atoms with van der Waals surface area (Å²) in [6.07, 6.45) is -6.43. The number of hydrogen-bond acceptors (Lipinski definition) is 10. The third-order valence-corrected chi connectivity index (χ3v) is 5.11. The van der Waals surface area contributed by atoms with Gasteiger partial charge >= 0.3 is 0 Å². The van der Waals surface area contributed by atoms with Crippen LogP contribution in [0.3, 0.4) is 0 Å². The molecular weight excluding hydrogens is 440 g/mol. The van der Waals surface area contributed by atoms with Gasteiger partial charge in [-0.2, -0.15) is 8.42 Å². The first-order valence-electron chi connectivity index (χ1n) is 7.88. The Bertz CT molecular complexity index is 909. The fourth-order valence-corrected chi connectivity index (χ4v) is 3.63. The lowest BCUT2D eigenvalue weighted by atomic mass is 9.97. The molecule has 0 aliphatic carbocycles. The molecule has 1 aromatic carbocycles. The maximum atomic E-state index is 11.7. The summed E-state index contributed by atoms with van der Waals surface area (Å²) in [4.78, 5) is 20.3. The minimum Gasteiger partial charge on any atom is -0.460 e. The van der Waals surface area contributed by atoms with E-state index in [0.29, 0.717) is 6.07 Å². The average Bonchev–Trinajstić information content (AvgIpc) is 2.60. The molecule has 2 rings (SSSR count). The number of benzene rings is 1. The topological polar surface area (TPSA) is 206 Å². The Morgan fingerprint density at radius 1 is 1.38 bits per heavy atom. The van der Waals surface area contributed by atoms with Gasteiger partial charge in [0.15, 0.2) is 5.75 Å². The van der Waals surface area contributed by atoms with Gasteiger partial charge in [0.05, 0.1) is 16.6 Å². The van der Waals surface area contributed by atoms with Crippen molar-refractivity contribution >= 4 is 33.3 Å². The number of aliphatic hydroxyl groups excluding tert-OH is 3. The highest BCUT2D eigenvalue weighted by Crippen LogP contribution is 2.38. The van der Waals surface area contributed by atoms with Crippen molar-refractivity contribution in [3.05, 3.63) is 27.3 Å². The number of carbonyl (C=O) groups is 1. The second-order valence-corrected chi connectivity index (χ2v) is 7.84. The van der Waals surface area contributed by atoms with E-state index >= 15 is 0 Å². The molecule has 0 radical (unpaired) electrons. The number of amides is 1. The van der Waals surface area contributed by atoms with Crippen molar-refractivity contribution in [1.29, 1.82) is 0 Å². The normalized spacial score (nSPS) is 27.3. The van der Waals surface area contributed by atoms with Gasteiger partial charge in [0.2, 0.25) is 12.2 Å². The Labute approximate surface area is 168 Å². The van der Waals surface area contributed by atoms with Gasteiger partial charge in [-0.3, -0.25) is 19.5 Å². The highest BCUT2D eigenvalue weighted by Gasteiger charge is 2.46. The van der Waals surface area contributed by atoms with Crippen molar-refractivity contribution in [3.8, 4) is 5.75 Å². The van der Waals surface area contributed by atoms with Crippen molar-refractivity contribution in [1.82, 2.24) is 5.32 Å². The first kappa shape index (κ1) is 23.2. The van der Waals surface area contributed by atoms with E-state index in [-0.39, 0.29) is 0 Å². The number of non-ortho nitro benzene ring substituents is 1. The molecule has 0 saturated carbocycles. The van der Waals surface area contributed by atoms with Gasteiger partial charge in [-0.25, -0.2) is 0 Å². The first-order chi connectivity index (χ1) is 13.4. The third kappa shape index (κ3) is 5.11.